The van der Waals surface area contributed by atoms with Crippen LogP contribution in [0.3, 0.4) is 0 Å². The summed E-state index contributed by atoms with van der Waals surface area (Å²) in [5.74, 6) is 1.09. The highest BCUT2D eigenvalue weighted by molar-refractivity contribution is 7.92. The van der Waals surface area contributed by atoms with Crippen molar-refractivity contribution in [1.82, 2.24) is 9.27 Å². The number of benzene rings is 3. The van der Waals surface area contributed by atoms with E-state index in [0.29, 0.717) is 5.69 Å². The van der Waals surface area contributed by atoms with Crippen LogP contribution >= 0.6 is 11.5 Å². The smallest absolute Gasteiger partial charge is 0.261 e. The first-order chi connectivity index (χ1) is 17.7. The molecular formula is C29H34N4O2S2. The van der Waals surface area contributed by atoms with E-state index < -0.39 is 10.0 Å². The standard InChI is InChI=1S/C29H34N4O2S2/c1-29(2,3)23-12-14-24(15-13-23)37(34,35)31-26-10-6-4-8-22(26)16-17-32-18-20-33(21-19-32)28-25-9-5-7-11-27(25)36-30-28/h4-15,31H,16-21H2,1-3H3. The molecule has 0 bridgehead atoms. The van der Waals surface area contributed by atoms with E-state index in [0.717, 1.165) is 56.1 Å². The Labute approximate surface area is 224 Å². The molecule has 5 rings (SSSR count). The molecule has 1 aliphatic heterocycles. The Balaban J connectivity index is 1.21. The van der Waals surface area contributed by atoms with Crippen LogP contribution in [-0.4, -0.2) is 50.4 Å². The Bertz CT molecular complexity index is 1470. The summed E-state index contributed by atoms with van der Waals surface area (Å²) < 4.78 is 35.0. The highest BCUT2D eigenvalue weighted by atomic mass is 32.2. The van der Waals surface area contributed by atoms with E-state index >= 15 is 0 Å². The molecule has 2 heterocycles. The molecule has 8 heteroatoms. The maximum atomic E-state index is 13.1. The summed E-state index contributed by atoms with van der Waals surface area (Å²) in [4.78, 5) is 5.10. The van der Waals surface area contributed by atoms with E-state index in [1.807, 2.05) is 36.4 Å². The second-order valence-electron chi connectivity index (χ2n) is 10.6. The molecule has 1 N–H and O–H groups in total. The van der Waals surface area contributed by atoms with Gasteiger partial charge in [0.15, 0.2) is 0 Å². The minimum atomic E-state index is -3.67. The molecule has 0 saturated carbocycles. The topological polar surface area (TPSA) is 65.5 Å². The van der Waals surface area contributed by atoms with Crippen LogP contribution in [0.1, 0.15) is 31.9 Å². The number of hydrogen-bond acceptors (Lipinski definition) is 6. The SMILES string of the molecule is CC(C)(C)c1ccc(S(=O)(=O)Nc2ccccc2CCN2CCN(c3nsc4ccccc34)CC2)cc1. The van der Waals surface area contributed by atoms with Crippen LogP contribution < -0.4 is 9.62 Å². The van der Waals surface area contributed by atoms with Crippen molar-refractivity contribution in [3.8, 4) is 0 Å². The zero-order chi connectivity index (χ0) is 26.0. The van der Waals surface area contributed by atoms with Gasteiger partial charge in [-0.25, -0.2) is 8.42 Å². The number of anilines is 2. The molecule has 6 nitrogen and oxygen atoms in total. The molecular weight excluding hydrogens is 500 g/mol. The average molecular weight is 535 g/mol. The van der Waals surface area contributed by atoms with Crippen molar-refractivity contribution in [2.75, 3.05) is 42.3 Å². The van der Waals surface area contributed by atoms with Gasteiger partial charge in [0.05, 0.1) is 15.3 Å². The molecule has 0 unspecified atom stereocenters. The summed E-state index contributed by atoms with van der Waals surface area (Å²) >= 11 is 1.56. The zero-order valence-corrected chi connectivity index (χ0v) is 23.3. The average Bonchev–Trinajstić information content (AvgIpc) is 3.32. The Hall–Kier alpha value is -2.94. The number of rotatable bonds is 7. The summed E-state index contributed by atoms with van der Waals surface area (Å²) in [5.41, 5.74) is 2.73. The van der Waals surface area contributed by atoms with Crippen molar-refractivity contribution >= 4 is 43.1 Å². The Morgan fingerprint density at radius 1 is 0.892 bits per heavy atom. The van der Waals surface area contributed by atoms with Crippen LogP contribution in [0.25, 0.3) is 10.1 Å². The Morgan fingerprint density at radius 3 is 2.30 bits per heavy atom. The number of fused-ring (bicyclic) bond motifs is 1. The predicted octanol–water partition coefficient (Wildman–Crippen LogP) is 5.76. The minimum absolute atomic E-state index is 0.0260. The van der Waals surface area contributed by atoms with Gasteiger partial charge < -0.3 is 4.90 Å². The molecule has 1 saturated heterocycles. The summed E-state index contributed by atoms with van der Waals surface area (Å²) in [6.45, 7) is 11.0. The number of sulfonamides is 1. The normalized spacial score (nSPS) is 15.3. The predicted molar refractivity (Wildman–Crippen MR) is 154 cm³/mol. The van der Waals surface area contributed by atoms with Crippen LogP contribution in [0, 0.1) is 0 Å². The largest absolute Gasteiger partial charge is 0.353 e. The fraction of sp³-hybridized carbons (Fsp3) is 0.345. The van der Waals surface area contributed by atoms with E-state index in [4.69, 9.17) is 4.37 Å². The van der Waals surface area contributed by atoms with Crippen molar-refractivity contribution in [1.29, 1.82) is 0 Å². The minimum Gasteiger partial charge on any atom is -0.353 e. The second kappa shape index (κ2) is 10.4. The van der Waals surface area contributed by atoms with E-state index in [1.165, 1.54) is 10.1 Å². The molecule has 1 fully saturated rings. The Kier molecular flexibility index (Phi) is 7.25. The van der Waals surface area contributed by atoms with Crippen LogP contribution in [-0.2, 0) is 21.9 Å². The molecule has 4 aromatic rings. The number of nitrogens with zero attached hydrogens (tertiary/aromatic N) is 3. The van der Waals surface area contributed by atoms with Crippen LogP contribution in [0.15, 0.2) is 77.7 Å². The monoisotopic (exact) mass is 534 g/mol. The first kappa shape index (κ1) is 25.7. The molecule has 0 atom stereocenters. The van der Waals surface area contributed by atoms with Crippen molar-refractivity contribution < 1.29 is 8.42 Å². The van der Waals surface area contributed by atoms with Crippen LogP contribution in [0.5, 0.6) is 0 Å². The van der Waals surface area contributed by atoms with E-state index in [1.54, 1.807) is 23.7 Å². The van der Waals surface area contributed by atoms with E-state index in [2.05, 4.69) is 59.6 Å². The van der Waals surface area contributed by atoms with Crippen LogP contribution in [0.4, 0.5) is 11.5 Å². The third-order valence-electron chi connectivity index (χ3n) is 7.02. The molecule has 37 heavy (non-hydrogen) atoms. The quantitative estimate of drug-likeness (QED) is 0.327. The molecule has 0 aliphatic carbocycles. The highest BCUT2D eigenvalue weighted by Gasteiger charge is 2.22. The molecule has 0 spiro atoms. The lowest BCUT2D eigenvalue weighted by atomic mass is 9.87. The van der Waals surface area contributed by atoms with Gasteiger partial charge >= 0.3 is 0 Å². The van der Waals surface area contributed by atoms with Gasteiger partial charge in [0.25, 0.3) is 10.0 Å². The van der Waals surface area contributed by atoms with E-state index in [-0.39, 0.29) is 10.3 Å². The summed E-state index contributed by atoms with van der Waals surface area (Å²) in [7, 11) is -3.67. The fourth-order valence-electron chi connectivity index (χ4n) is 4.74. The molecule has 0 radical (unpaired) electrons. The second-order valence-corrected chi connectivity index (χ2v) is 13.1. The lowest BCUT2D eigenvalue weighted by Crippen LogP contribution is -2.47. The van der Waals surface area contributed by atoms with Crippen molar-refractivity contribution in [2.45, 2.75) is 37.5 Å². The summed E-state index contributed by atoms with van der Waals surface area (Å²) in [6.07, 6.45) is 0.779. The first-order valence-corrected chi connectivity index (χ1v) is 15.0. The van der Waals surface area contributed by atoms with Gasteiger partial charge in [-0.1, -0.05) is 63.2 Å². The first-order valence-electron chi connectivity index (χ1n) is 12.7. The summed E-state index contributed by atoms with van der Waals surface area (Å²) in [6, 6.07) is 23.3. The van der Waals surface area contributed by atoms with Gasteiger partial charge in [-0.2, -0.15) is 4.37 Å². The maximum Gasteiger partial charge on any atom is 0.261 e. The van der Waals surface area contributed by atoms with Crippen molar-refractivity contribution in [2.24, 2.45) is 0 Å². The van der Waals surface area contributed by atoms with Gasteiger partial charge in [0.2, 0.25) is 0 Å². The van der Waals surface area contributed by atoms with E-state index in [9.17, 15) is 8.42 Å². The third-order valence-corrected chi connectivity index (χ3v) is 9.22. The van der Waals surface area contributed by atoms with Gasteiger partial charge in [0.1, 0.15) is 5.82 Å². The third kappa shape index (κ3) is 5.81. The number of piperazine rings is 1. The maximum absolute atomic E-state index is 13.1. The van der Waals surface area contributed by atoms with Crippen LogP contribution in [0.2, 0.25) is 0 Å². The van der Waals surface area contributed by atoms with Gasteiger partial charge in [-0.3, -0.25) is 9.62 Å². The number of aromatic nitrogens is 1. The number of hydrogen-bond donors (Lipinski definition) is 1. The molecule has 3 aromatic carbocycles. The molecule has 0 amide bonds. The lowest BCUT2D eigenvalue weighted by Gasteiger charge is -2.35. The van der Waals surface area contributed by atoms with Crippen molar-refractivity contribution in [3.63, 3.8) is 0 Å². The number of para-hydroxylation sites is 1. The van der Waals surface area contributed by atoms with Gasteiger partial charge in [-0.05, 0) is 64.8 Å². The zero-order valence-electron chi connectivity index (χ0n) is 21.6. The van der Waals surface area contributed by atoms with Crippen molar-refractivity contribution in [3.05, 3.63) is 83.9 Å². The Morgan fingerprint density at radius 2 is 1.57 bits per heavy atom. The fourth-order valence-corrected chi connectivity index (χ4v) is 6.63. The lowest BCUT2D eigenvalue weighted by molar-refractivity contribution is 0.261. The van der Waals surface area contributed by atoms with Gasteiger partial charge in [0, 0.05) is 38.1 Å². The van der Waals surface area contributed by atoms with Gasteiger partial charge in [-0.15, -0.1) is 0 Å². The molecule has 194 valence electrons. The number of nitrogens with one attached hydrogen (secondary N) is 1. The molecule has 1 aromatic heterocycles. The highest BCUT2D eigenvalue weighted by Crippen LogP contribution is 2.30. The summed E-state index contributed by atoms with van der Waals surface area (Å²) in [5, 5.41) is 1.23. The molecule has 1 aliphatic rings.